The molecule has 11 heteroatoms. The number of fused-ring (bicyclic) bond motifs is 3. The molecule has 6 nitrogen and oxygen atoms in total. The first-order chi connectivity index (χ1) is 20.9. The maximum Gasteiger partial charge on any atom is 0.237 e. The van der Waals surface area contributed by atoms with Gasteiger partial charge in [0.25, 0.3) is 0 Å². The molecule has 2 heterocycles. The smallest absolute Gasteiger partial charge is 0.237 e. The van der Waals surface area contributed by atoms with Crippen molar-refractivity contribution in [1.29, 1.82) is 0 Å². The van der Waals surface area contributed by atoms with Crippen molar-refractivity contribution in [2.75, 3.05) is 32.8 Å². The minimum atomic E-state index is -1.49. The van der Waals surface area contributed by atoms with Crippen LogP contribution in [0.5, 0.6) is 0 Å². The van der Waals surface area contributed by atoms with Crippen LogP contribution < -0.4 is 10.6 Å². The van der Waals surface area contributed by atoms with Gasteiger partial charge in [0.2, 0.25) is 11.8 Å². The molecule has 2 aliphatic carbocycles. The van der Waals surface area contributed by atoms with E-state index in [-0.39, 0.29) is 47.8 Å². The Morgan fingerprint density at radius 1 is 0.977 bits per heavy atom. The largest absolute Gasteiger partial charge is 0.349 e. The van der Waals surface area contributed by atoms with Crippen molar-refractivity contribution < 1.29 is 27.6 Å². The Labute approximate surface area is 265 Å². The zero-order valence-corrected chi connectivity index (χ0v) is 26.2. The van der Waals surface area contributed by atoms with Gasteiger partial charge in [-0.25, -0.2) is 4.39 Å². The molecule has 2 spiro atoms. The molecule has 2 aromatic carbocycles. The summed E-state index contributed by atoms with van der Waals surface area (Å²) in [7, 11) is 3.47. The first-order valence-electron chi connectivity index (χ1n) is 15.1. The average molecular weight is 651 g/mol. The number of halogens is 5. The van der Waals surface area contributed by atoms with Crippen LogP contribution in [0.25, 0.3) is 0 Å². The molecular formula is C33H36Cl2F3N3O3. The Morgan fingerprint density at radius 3 is 2.27 bits per heavy atom. The minimum Gasteiger partial charge on any atom is -0.349 e. The number of alkyl halides is 2. The van der Waals surface area contributed by atoms with Crippen molar-refractivity contribution in [2.45, 2.75) is 67.9 Å². The van der Waals surface area contributed by atoms with Crippen molar-refractivity contribution in [3.63, 3.8) is 0 Å². The second kappa shape index (κ2) is 11.3. The molecule has 0 radical (unpaired) electrons. The fourth-order valence-corrected chi connectivity index (χ4v) is 9.22. The number of amides is 2. The SMILES string of the molecule is CN(C)C(=O)C1CCC(CC(=O)[C@@H]2NC3(CC(CF)(CF)C3)[C@@]3(C(=O)Nc4cc(Cl)ccc43)[C@H]2c2cc(F)cc(Cl)c2)CC1. The molecule has 0 unspecified atom stereocenters. The Hall–Kier alpha value is -2.62. The fourth-order valence-electron chi connectivity index (χ4n) is 8.82. The molecule has 2 aromatic rings. The Bertz CT molecular complexity index is 1480. The van der Waals surface area contributed by atoms with E-state index in [1.807, 2.05) is 0 Å². The van der Waals surface area contributed by atoms with Crippen molar-refractivity contribution in [3.05, 3.63) is 63.4 Å². The summed E-state index contributed by atoms with van der Waals surface area (Å²) in [6, 6.07) is 8.02. The van der Waals surface area contributed by atoms with Crippen LogP contribution in [0, 0.1) is 23.1 Å². The van der Waals surface area contributed by atoms with Gasteiger partial charge in [0.1, 0.15) is 11.2 Å². The number of nitrogens with zero attached hydrogens (tertiary/aromatic N) is 1. The lowest BCUT2D eigenvalue weighted by molar-refractivity contribution is -0.134. The molecule has 44 heavy (non-hydrogen) atoms. The molecule has 2 N–H and O–H groups in total. The topological polar surface area (TPSA) is 78.5 Å². The molecule has 4 aliphatic rings. The summed E-state index contributed by atoms with van der Waals surface area (Å²) >= 11 is 12.6. The molecule has 0 aromatic heterocycles. The van der Waals surface area contributed by atoms with Crippen LogP contribution in [-0.2, 0) is 19.8 Å². The summed E-state index contributed by atoms with van der Waals surface area (Å²) < 4.78 is 43.6. The fraction of sp³-hybridized carbons (Fsp3) is 0.545. The van der Waals surface area contributed by atoms with E-state index < -0.39 is 53.4 Å². The first-order valence-corrected chi connectivity index (χ1v) is 15.9. The highest BCUT2D eigenvalue weighted by molar-refractivity contribution is 6.31. The van der Waals surface area contributed by atoms with E-state index in [1.165, 1.54) is 6.07 Å². The Morgan fingerprint density at radius 2 is 1.66 bits per heavy atom. The third-order valence-corrected chi connectivity index (χ3v) is 11.1. The van der Waals surface area contributed by atoms with E-state index in [2.05, 4.69) is 10.6 Å². The normalized spacial score (nSPS) is 29.8. The van der Waals surface area contributed by atoms with Gasteiger partial charge in [-0.05, 0) is 85.9 Å². The molecular weight excluding hydrogens is 614 g/mol. The maximum atomic E-state index is 14.9. The second-order valence-electron chi connectivity index (χ2n) is 13.6. The van der Waals surface area contributed by atoms with E-state index in [0.717, 1.165) is 6.07 Å². The van der Waals surface area contributed by atoms with E-state index in [9.17, 15) is 27.6 Å². The zero-order chi connectivity index (χ0) is 31.6. The van der Waals surface area contributed by atoms with Crippen LogP contribution in [0.1, 0.15) is 62.0 Å². The number of ketones is 1. The van der Waals surface area contributed by atoms with Gasteiger partial charge in [-0.3, -0.25) is 28.5 Å². The van der Waals surface area contributed by atoms with E-state index in [4.69, 9.17) is 23.2 Å². The molecule has 2 aliphatic heterocycles. The predicted octanol–water partition coefficient (Wildman–Crippen LogP) is 6.39. The van der Waals surface area contributed by atoms with Crippen molar-refractivity contribution in [2.24, 2.45) is 17.3 Å². The van der Waals surface area contributed by atoms with Gasteiger partial charge in [0.15, 0.2) is 5.78 Å². The molecule has 236 valence electrons. The van der Waals surface area contributed by atoms with Crippen molar-refractivity contribution >= 4 is 46.5 Å². The Kier molecular flexibility index (Phi) is 8.07. The van der Waals surface area contributed by atoms with Crippen LogP contribution in [0.4, 0.5) is 18.9 Å². The number of anilines is 1. The zero-order valence-electron chi connectivity index (χ0n) is 24.7. The summed E-state index contributed by atoms with van der Waals surface area (Å²) in [5.74, 6) is -2.11. The number of Topliss-reactive ketones (excluding diaryl/α,β-unsaturated/α-hetero) is 1. The van der Waals surface area contributed by atoms with Crippen LogP contribution in [0.2, 0.25) is 10.0 Å². The van der Waals surface area contributed by atoms with Gasteiger partial charge in [-0.2, -0.15) is 0 Å². The monoisotopic (exact) mass is 649 g/mol. The van der Waals surface area contributed by atoms with E-state index in [0.29, 0.717) is 47.5 Å². The number of carbonyl (C=O) groups excluding carboxylic acids is 3. The Balaban J connectivity index is 1.43. The van der Waals surface area contributed by atoms with E-state index in [1.54, 1.807) is 43.3 Å². The van der Waals surface area contributed by atoms with Crippen LogP contribution >= 0.6 is 23.2 Å². The highest BCUT2D eigenvalue weighted by atomic mass is 35.5. The summed E-state index contributed by atoms with van der Waals surface area (Å²) in [5.41, 5.74) is -2.62. The molecule has 3 atom stereocenters. The highest BCUT2D eigenvalue weighted by Crippen LogP contribution is 2.68. The number of hydrogen-bond donors (Lipinski definition) is 2. The number of rotatable bonds is 7. The third-order valence-electron chi connectivity index (χ3n) is 10.6. The van der Waals surface area contributed by atoms with Crippen molar-refractivity contribution in [3.8, 4) is 0 Å². The van der Waals surface area contributed by atoms with Gasteiger partial charge in [0.05, 0.1) is 19.4 Å². The lowest BCUT2D eigenvalue weighted by atomic mass is 9.46. The number of hydrogen-bond acceptors (Lipinski definition) is 4. The number of benzene rings is 2. The molecule has 1 saturated heterocycles. The standard InChI is InChI=1S/C33H36Cl2F3N3O3/c1-41(2)29(43)19-5-3-18(4-6-19)9-26(42)28-27(20-10-22(35)12-23(38)11-20)33(32(40-28)14-31(15-32,16-36)17-37)24-8-7-21(34)13-25(24)39-30(33)44/h7-8,10-13,18-19,27-28,40H,3-6,9,14-17H2,1-2H3,(H,39,44)/t18?,19?,27-,28-,33+/m0/s1. The maximum absolute atomic E-state index is 14.9. The number of carbonyl (C=O) groups is 3. The molecule has 3 fully saturated rings. The average Bonchev–Trinajstić information content (AvgIpc) is 3.43. The predicted molar refractivity (Wildman–Crippen MR) is 163 cm³/mol. The van der Waals surface area contributed by atoms with Gasteiger partial charge in [-0.1, -0.05) is 29.3 Å². The third kappa shape index (κ3) is 4.76. The summed E-state index contributed by atoms with van der Waals surface area (Å²) in [5, 5.41) is 6.88. The molecule has 0 bridgehead atoms. The lowest BCUT2D eigenvalue weighted by Gasteiger charge is -2.59. The van der Waals surface area contributed by atoms with Gasteiger partial charge >= 0.3 is 0 Å². The van der Waals surface area contributed by atoms with Crippen LogP contribution in [0.3, 0.4) is 0 Å². The van der Waals surface area contributed by atoms with Crippen molar-refractivity contribution in [1.82, 2.24) is 10.2 Å². The quantitative estimate of drug-likeness (QED) is 0.364. The lowest BCUT2D eigenvalue weighted by Crippen LogP contribution is -2.70. The minimum absolute atomic E-state index is 0.0242. The van der Waals surface area contributed by atoms with Crippen LogP contribution in [-0.4, -0.2) is 61.5 Å². The van der Waals surface area contributed by atoms with Gasteiger partial charge < -0.3 is 10.2 Å². The van der Waals surface area contributed by atoms with Crippen LogP contribution in [0.15, 0.2) is 36.4 Å². The first kappa shape index (κ1) is 31.4. The molecule has 6 rings (SSSR count). The summed E-state index contributed by atoms with van der Waals surface area (Å²) in [4.78, 5) is 42.8. The molecule has 2 saturated carbocycles. The summed E-state index contributed by atoms with van der Waals surface area (Å²) in [6.45, 7) is -1.83. The summed E-state index contributed by atoms with van der Waals surface area (Å²) in [6.07, 6.45) is 2.89. The molecule has 2 amide bonds. The number of nitrogens with one attached hydrogen (secondary N) is 2. The van der Waals surface area contributed by atoms with E-state index >= 15 is 0 Å². The second-order valence-corrected chi connectivity index (χ2v) is 14.5. The highest BCUT2D eigenvalue weighted by Gasteiger charge is 2.77. The van der Waals surface area contributed by atoms with Gasteiger partial charge in [-0.15, -0.1) is 0 Å². The van der Waals surface area contributed by atoms with Gasteiger partial charge in [0, 0.05) is 59.0 Å².